The minimum absolute atomic E-state index is 0.0184. The van der Waals surface area contributed by atoms with Crippen molar-refractivity contribution >= 4 is 23.2 Å². The maximum absolute atomic E-state index is 12.9. The number of anilines is 2. The van der Waals surface area contributed by atoms with Crippen molar-refractivity contribution in [3.8, 4) is 0 Å². The van der Waals surface area contributed by atoms with E-state index in [2.05, 4.69) is 0 Å². The van der Waals surface area contributed by atoms with Crippen LogP contribution in [0.1, 0.15) is 18.9 Å². The Hall–Kier alpha value is -2.62. The number of nitrogens with zero attached hydrogens (tertiary/aromatic N) is 2. The maximum Gasteiger partial charge on any atom is 0.230 e. The zero-order valence-electron chi connectivity index (χ0n) is 15.0. The summed E-state index contributed by atoms with van der Waals surface area (Å²) < 4.78 is 0. The molecule has 1 fully saturated rings. The first-order chi connectivity index (χ1) is 12.0. The zero-order valence-corrected chi connectivity index (χ0v) is 15.0. The third-order valence-electron chi connectivity index (χ3n) is 4.79. The SMILES string of the molecule is CCN(C(=O)C1CC1C(=O)N(C)c1ccccc1)c1cccc(C)c1. The number of hydrogen-bond acceptors (Lipinski definition) is 2. The lowest BCUT2D eigenvalue weighted by Gasteiger charge is -2.22. The average molecular weight is 336 g/mol. The van der Waals surface area contributed by atoms with Gasteiger partial charge in [-0.25, -0.2) is 0 Å². The lowest BCUT2D eigenvalue weighted by atomic mass is 10.2. The molecule has 4 heteroatoms. The molecule has 2 aromatic carbocycles. The minimum Gasteiger partial charge on any atom is -0.315 e. The molecule has 25 heavy (non-hydrogen) atoms. The first-order valence-electron chi connectivity index (χ1n) is 8.73. The van der Waals surface area contributed by atoms with Crippen LogP contribution in [0.15, 0.2) is 54.6 Å². The summed E-state index contributed by atoms with van der Waals surface area (Å²) in [6.07, 6.45) is 0.636. The standard InChI is InChI=1S/C21H24N2O2/c1-4-23(17-12-8-9-15(2)13-17)21(25)19-14-18(19)20(24)22(3)16-10-6-5-7-11-16/h5-13,18-19H,4,14H2,1-3H3. The van der Waals surface area contributed by atoms with Gasteiger partial charge in [-0.2, -0.15) is 0 Å². The topological polar surface area (TPSA) is 40.6 Å². The molecule has 0 bridgehead atoms. The normalized spacial score (nSPS) is 18.5. The van der Waals surface area contributed by atoms with Crippen LogP contribution in [-0.2, 0) is 9.59 Å². The van der Waals surface area contributed by atoms with Crippen LogP contribution in [0.2, 0.25) is 0 Å². The number of rotatable bonds is 5. The van der Waals surface area contributed by atoms with E-state index in [9.17, 15) is 9.59 Å². The lowest BCUT2D eigenvalue weighted by molar-refractivity contribution is -0.124. The molecule has 0 heterocycles. The van der Waals surface area contributed by atoms with Gasteiger partial charge in [-0.3, -0.25) is 9.59 Å². The monoisotopic (exact) mass is 336 g/mol. The van der Waals surface area contributed by atoms with Crippen molar-refractivity contribution in [1.82, 2.24) is 0 Å². The number of hydrogen-bond donors (Lipinski definition) is 0. The summed E-state index contributed by atoms with van der Waals surface area (Å²) in [6, 6.07) is 17.5. The highest BCUT2D eigenvalue weighted by Gasteiger charge is 2.50. The van der Waals surface area contributed by atoms with Crippen LogP contribution in [0, 0.1) is 18.8 Å². The molecule has 4 nitrogen and oxygen atoms in total. The molecule has 2 amide bonds. The third kappa shape index (κ3) is 3.58. The highest BCUT2D eigenvalue weighted by atomic mass is 16.2. The Labute approximate surface area is 149 Å². The van der Waals surface area contributed by atoms with E-state index in [-0.39, 0.29) is 23.7 Å². The van der Waals surface area contributed by atoms with E-state index in [1.165, 1.54) is 0 Å². The second-order valence-electron chi connectivity index (χ2n) is 6.60. The van der Waals surface area contributed by atoms with Gasteiger partial charge in [-0.05, 0) is 50.1 Å². The van der Waals surface area contributed by atoms with Crippen molar-refractivity contribution in [2.24, 2.45) is 11.8 Å². The fraction of sp³-hybridized carbons (Fsp3) is 0.333. The van der Waals surface area contributed by atoms with E-state index in [1.807, 2.05) is 68.4 Å². The van der Waals surface area contributed by atoms with Crippen molar-refractivity contribution in [2.75, 3.05) is 23.4 Å². The van der Waals surface area contributed by atoms with E-state index < -0.39 is 0 Å². The largest absolute Gasteiger partial charge is 0.315 e. The molecule has 1 saturated carbocycles. The second-order valence-corrected chi connectivity index (χ2v) is 6.60. The molecular weight excluding hydrogens is 312 g/mol. The van der Waals surface area contributed by atoms with E-state index >= 15 is 0 Å². The van der Waals surface area contributed by atoms with Gasteiger partial charge in [-0.1, -0.05) is 30.3 Å². The fourth-order valence-corrected chi connectivity index (χ4v) is 3.23. The third-order valence-corrected chi connectivity index (χ3v) is 4.79. The van der Waals surface area contributed by atoms with Crippen LogP contribution in [0.4, 0.5) is 11.4 Å². The molecule has 2 unspecified atom stereocenters. The Kier molecular flexibility index (Phi) is 4.88. The highest BCUT2D eigenvalue weighted by molar-refractivity contribution is 6.05. The number of para-hydroxylation sites is 1. The Morgan fingerprint density at radius 3 is 2.24 bits per heavy atom. The molecule has 3 rings (SSSR count). The maximum atomic E-state index is 12.9. The van der Waals surface area contributed by atoms with E-state index in [4.69, 9.17) is 0 Å². The number of amides is 2. The Morgan fingerprint density at radius 2 is 1.60 bits per heavy atom. The average Bonchev–Trinajstić information content (AvgIpc) is 3.42. The van der Waals surface area contributed by atoms with Gasteiger partial charge in [0, 0.05) is 25.0 Å². The van der Waals surface area contributed by atoms with Gasteiger partial charge in [-0.15, -0.1) is 0 Å². The lowest BCUT2D eigenvalue weighted by Crippen LogP contribution is -2.35. The Bertz CT molecular complexity index is 772. The predicted molar refractivity (Wildman–Crippen MR) is 101 cm³/mol. The van der Waals surface area contributed by atoms with Crippen molar-refractivity contribution in [2.45, 2.75) is 20.3 Å². The van der Waals surface area contributed by atoms with Gasteiger partial charge in [0.15, 0.2) is 0 Å². The molecule has 0 aliphatic heterocycles. The number of carbonyl (C=O) groups is 2. The quantitative estimate of drug-likeness (QED) is 0.836. The van der Waals surface area contributed by atoms with E-state index in [0.717, 1.165) is 16.9 Å². The first kappa shape index (κ1) is 17.2. The molecule has 0 N–H and O–H groups in total. The van der Waals surface area contributed by atoms with Gasteiger partial charge in [0.1, 0.15) is 0 Å². The van der Waals surface area contributed by atoms with Crippen molar-refractivity contribution < 1.29 is 9.59 Å². The number of carbonyl (C=O) groups excluding carboxylic acids is 2. The summed E-state index contributed by atoms with van der Waals surface area (Å²) >= 11 is 0. The molecule has 0 aromatic heterocycles. The number of benzene rings is 2. The summed E-state index contributed by atoms with van der Waals surface area (Å²) in [6.45, 7) is 4.59. The Morgan fingerprint density at radius 1 is 0.960 bits per heavy atom. The van der Waals surface area contributed by atoms with Crippen LogP contribution >= 0.6 is 0 Å². The van der Waals surface area contributed by atoms with Gasteiger partial charge in [0.05, 0.1) is 11.8 Å². The molecule has 1 aliphatic carbocycles. The highest BCUT2D eigenvalue weighted by Crippen LogP contribution is 2.42. The van der Waals surface area contributed by atoms with Crippen LogP contribution in [0.5, 0.6) is 0 Å². The molecule has 0 spiro atoms. The van der Waals surface area contributed by atoms with Crippen molar-refractivity contribution in [1.29, 1.82) is 0 Å². The summed E-state index contributed by atoms with van der Waals surface area (Å²) in [7, 11) is 1.77. The van der Waals surface area contributed by atoms with Gasteiger partial charge in [0.2, 0.25) is 11.8 Å². The van der Waals surface area contributed by atoms with Crippen LogP contribution in [0.25, 0.3) is 0 Å². The van der Waals surface area contributed by atoms with E-state index in [1.54, 1.807) is 16.8 Å². The first-order valence-corrected chi connectivity index (χ1v) is 8.73. The summed E-state index contributed by atoms with van der Waals surface area (Å²) in [5, 5.41) is 0. The minimum atomic E-state index is -0.212. The molecular formula is C21H24N2O2. The van der Waals surface area contributed by atoms with E-state index in [0.29, 0.717) is 13.0 Å². The molecule has 0 radical (unpaired) electrons. The summed E-state index contributed by atoms with van der Waals surface area (Å²) in [5.74, 6) is -0.353. The van der Waals surface area contributed by atoms with Crippen LogP contribution in [0.3, 0.4) is 0 Å². The Balaban J connectivity index is 1.69. The molecule has 2 aromatic rings. The van der Waals surface area contributed by atoms with Crippen LogP contribution in [-0.4, -0.2) is 25.4 Å². The molecule has 1 aliphatic rings. The van der Waals surface area contributed by atoms with Crippen LogP contribution < -0.4 is 9.80 Å². The van der Waals surface area contributed by atoms with Gasteiger partial charge < -0.3 is 9.80 Å². The van der Waals surface area contributed by atoms with Crippen molar-refractivity contribution in [3.63, 3.8) is 0 Å². The van der Waals surface area contributed by atoms with Gasteiger partial charge in [0.25, 0.3) is 0 Å². The summed E-state index contributed by atoms with van der Waals surface area (Å²) in [4.78, 5) is 29.0. The fourth-order valence-electron chi connectivity index (χ4n) is 3.23. The zero-order chi connectivity index (χ0) is 18.0. The molecule has 130 valence electrons. The van der Waals surface area contributed by atoms with Crippen molar-refractivity contribution in [3.05, 3.63) is 60.2 Å². The predicted octanol–water partition coefficient (Wildman–Crippen LogP) is 3.65. The second kappa shape index (κ2) is 7.09. The van der Waals surface area contributed by atoms with Gasteiger partial charge >= 0.3 is 0 Å². The molecule has 0 saturated heterocycles. The number of aryl methyl sites for hydroxylation is 1. The molecule has 2 atom stereocenters. The smallest absolute Gasteiger partial charge is 0.230 e. The summed E-state index contributed by atoms with van der Waals surface area (Å²) in [5.41, 5.74) is 2.88.